The first-order valence-corrected chi connectivity index (χ1v) is 10.2. The van der Waals surface area contributed by atoms with E-state index in [1.807, 2.05) is 0 Å². The van der Waals surface area contributed by atoms with Gasteiger partial charge in [0, 0.05) is 18.2 Å². The first kappa shape index (κ1) is 21.2. The number of rotatable bonds is 7. The van der Waals surface area contributed by atoms with Gasteiger partial charge in [0.05, 0.1) is 23.4 Å². The number of hydrogen-bond donors (Lipinski definition) is 3. The average Bonchev–Trinajstić information content (AvgIpc) is 3.22. The molecule has 1 aromatic heterocycles. The van der Waals surface area contributed by atoms with Crippen LogP contribution in [0.2, 0.25) is 0 Å². The number of sulfonamides is 1. The Balaban J connectivity index is 1.70. The largest absolute Gasteiger partial charge is 0.468 e. The summed E-state index contributed by atoms with van der Waals surface area (Å²) in [6.45, 7) is 1.29. The molecule has 0 unspecified atom stereocenters. The van der Waals surface area contributed by atoms with Crippen LogP contribution in [0.4, 0.5) is 15.8 Å². The van der Waals surface area contributed by atoms with Crippen molar-refractivity contribution in [2.24, 2.45) is 0 Å². The van der Waals surface area contributed by atoms with Crippen LogP contribution in [0.3, 0.4) is 0 Å². The fourth-order valence-corrected chi connectivity index (χ4v) is 3.54. The molecule has 2 amide bonds. The van der Waals surface area contributed by atoms with Crippen LogP contribution in [-0.4, -0.2) is 20.2 Å². The minimum atomic E-state index is -3.80. The summed E-state index contributed by atoms with van der Waals surface area (Å²) in [4.78, 5) is 23.5. The smallest absolute Gasteiger partial charge is 0.255 e. The Morgan fingerprint density at radius 1 is 1.03 bits per heavy atom. The fourth-order valence-electron chi connectivity index (χ4n) is 2.54. The highest BCUT2D eigenvalue weighted by Gasteiger charge is 2.16. The van der Waals surface area contributed by atoms with Gasteiger partial charge >= 0.3 is 0 Å². The zero-order valence-corrected chi connectivity index (χ0v) is 16.6. The van der Waals surface area contributed by atoms with Crippen molar-refractivity contribution < 1.29 is 26.8 Å². The molecule has 3 N–H and O–H groups in total. The minimum Gasteiger partial charge on any atom is -0.468 e. The van der Waals surface area contributed by atoms with Crippen molar-refractivity contribution in [1.29, 1.82) is 0 Å². The molecule has 0 spiro atoms. The molecule has 0 aliphatic carbocycles. The second-order valence-corrected chi connectivity index (χ2v) is 8.03. The molecular weight excluding hydrogens is 413 g/mol. The molecule has 0 aliphatic rings. The van der Waals surface area contributed by atoms with Crippen molar-refractivity contribution in [1.82, 2.24) is 4.72 Å². The molecule has 0 bridgehead atoms. The normalized spacial score (nSPS) is 11.1. The molecule has 0 saturated heterocycles. The molecule has 156 valence electrons. The fraction of sp³-hybridized carbons (Fsp3) is 0.100. The molecule has 1 heterocycles. The maximum absolute atomic E-state index is 14.0. The topological polar surface area (TPSA) is 118 Å². The van der Waals surface area contributed by atoms with E-state index < -0.39 is 21.7 Å². The first-order valence-electron chi connectivity index (χ1n) is 8.75. The summed E-state index contributed by atoms with van der Waals surface area (Å²) >= 11 is 0. The zero-order chi connectivity index (χ0) is 21.7. The van der Waals surface area contributed by atoms with Crippen LogP contribution < -0.4 is 15.4 Å². The number of anilines is 2. The van der Waals surface area contributed by atoms with Gasteiger partial charge < -0.3 is 15.1 Å². The van der Waals surface area contributed by atoms with Gasteiger partial charge in [-0.25, -0.2) is 17.5 Å². The standard InChI is InChI=1S/C20H18FN3O5S/c1-13(25)23-15-6-9-18(21)19(11-15)24-20(26)14-4-7-17(8-5-14)30(27,28)22-12-16-3-2-10-29-16/h2-11,22H,12H2,1H3,(H,23,25)(H,24,26). The van der Waals surface area contributed by atoms with Gasteiger partial charge in [-0.3, -0.25) is 9.59 Å². The Morgan fingerprint density at radius 3 is 2.40 bits per heavy atom. The Labute approximate surface area is 172 Å². The summed E-state index contributed by atoms with van der Waals surface area (Å²) in [5.41, 5.74) is 0.329. The summed E-state index contributed by atoms with van der Waals surface area (Å²) in [6, 6.07) is 12.2. The summed E-state index contributed by atoms with van der Waals surface area (Å²) in [5, 5.41) is 4.89. The molecule has 30 heavy (non-hydrogen) atoms. The van der Waals surface area contributed by atoms with Crippen molar-refractivity contribution in [3.63, 3.8) is 0 Å². The molecular formula is C20H18FN3O5S. The van der Waals surface area contributed by atoms with Crippen LogP contribution in [0.5, 0.6) is 0 Å². The molecule has 0 fully saturated rings. The predicted octanol–water partition coefficient (Wildman–Crippen LogP) is 3.11. The molecule has 3 aromatic rings. The van der Waals surface area contributed by atoms with Crippen molar-refractivity contribution in [2.45, 2.75) is 18.4 Å². The van der Waals surface area contributed by atoms with E-state index in [9.17, 15) is 22.4 Å². The van der Waals surface area contributed by atoms with E-state index in [0.29, 0.717) is 11.4 Å². The Hall–Kier alpha value is -3.50. The van der Waals surface area contributed by atoms with E-state index in [0.717, 1.165) is 6.07 Å². The van der Waals surface area contributed by atoms with Crippen molar-refractivity contribution >= 4 is 33.2 Å². The van der Waals surface area contributed by atoms with E-state index >= 15 is 0 Å². The molecule has 0 saturated carbocycles. The average molecular weight is 431 g/mol. The molecule has 0 radical (unpaired) electrons. The summed E-state index contributed by atoms with van der Waals surface area (Å²) < 4.78 is 46.1. The number of benzene rings is 2. The van der Waals surface area contributed by atoms with Gasteiger partial charge in [-0.15, -0.1) is 0 Å². The van der Waals surface area contributed by atoms with E-state index in [1.165, 1.54) is 49.6 Å². The summed E-state index contributed by atoms with van der Waals surface area (Å²) in [6.07, 6.45) is 1.44. The van der Waals surface area contributed by atoms with E-state index in [2.05, 4.69) is 15.4 Å². The number of amides is 2. The molecule has 3 rings (SSSR count). The predicted molar refractivity (Wildman–Crippen MR) is 108 cm³/mol. The van der Waals surface area contributed by atoms with Gasteiger partial charge in [-0.1, -0.05) is 0 Å². The Kier molecular flexibility index (Phi) is 6.28. The second kappa shape index (κ2) is 8.89. The lowest BCUT2D eigenvalue weighted by molar-refractivity contribution is -0.114. The van der Waals surface area contributed by atoms with Crippen LogP contribution in [0, 0.1) is 5.82 Å². The summed E-state index contributed by atoms with van der Waals surface area (Å²) in [7, 11) is -3.80. The quantitative estimate of drug-likeness (QED) is 0.531. The number of carbonyl (C=O) groups is 2. The highest BCUT2D eigenvalue weighted by Crippen LogP contribution is 2.21. The third kappa shape index (κ3) is 5.31. The van der Waals surface area contributed by atoms with Crippen LogP contribution in [0.1, 0.15) is 23.0 Å². The van der Waals surface area contributed by atoms with E-state index in [1.54, 1.807) is 12.1 Å². The number of furan rings is 1. The van der Waals surface area contributed by atoms with Crippen LogP contribution >= 0.6 is 0 Å². The van der Waals surface area contributed by atoms with Crippen molar-refractivity contribution in [3.05, 3.63) is 78.0 Å². The molecule has 10 heteroatoms. The van der Waals surface area contributed by atoms with Gasteiger partial charge in [0.2, 0.25) is 15.9 Å². The SMILES string of the molecule is CC(=O)Nc1ccc(F)c(NC(=O)c2ccc(S(=O)(=O)NCc3ccco3)cc2)c1. The maximum atomic E-state index is 14.0. The lowest BCUT2D eigenvalue weighted by atomic mass is 10.2. The molecule has 0 aliphatic heterocycles. The van der Waals surface area contributed by atoms with Crippen LogP contribution in [-0.2, 0) is 21.4 Å². The second-order valence-electron chi connectivity index (χ2n) is 6.26. The molecule has 0 atom stereocenters. The van der Waals surface area contributed by atoms with E-state index in [4.69, 9.17) is 4.42 Å². The van der Waals surface area contributed by atoms with Gasteiger partial charge in [-0.05, 0) is 54.6 Å². The van der Waals surface area contributed by atoms with Gasteiger partial charge in [-0.2, -0.15) is 0 Å². The lowest BCUT2D eigenvalue weighted by Gasteiger charge is -2.10. The minimum absolute atomic E-state index is 0.0124. The maximum Gasteiger partial charge on any atom is 0.255 e. The monoisotopic (exact) mass is 431 g/mol. The Bertz CT molecular complexity index is 1160. The van der Waals surface area contributed by atoms with Crippen molar-refractivity contribution in [3.8, 4) is 0 Å². The third-order valence-corrected chi connectivity index (χ3v) is 5.40. The number of halogens is 1. The molecule has 2 aromatic carbocycles. The molecule has 8 nitrogen and oxygen atoms in total. The number of carbonyl (C=O) groups excluding carboxylic acids is 2. The van der Waals surface area contributed by atoms with Gasteiger partial charge in [0.15, 0.2) is 0 Å². The van der Waals surface area contributed by atoms with Crippen LogP contribution in [0.25, 0.3) is 0 Å². The first-order chi connectivity index (χ1) is 14.2. The van der Waals surface area contributed by atoms with Crippen LogP contribution in [0.15, 0.2) is 70.2 Å². The summed E-state index contributed by atoms with van der Waals surface area (Å²) in [5.74, 6) is -1.20. The number of nitrogens with one attached hydrogen (secondary N) is 3. The Morgan fingerprint density at radius 2 is 1.77 bits per heavy atom. The van der Waals surface area contributed by atoms with Crippen molar-refractivity contribution in [2.75, 3.05) is 10.6 Å². The van der Waals surface area contributed by atoms with Gasteiger partial charge in [0.25, 0.3) is 5.91 Å². The number of hydrogen-bond acceptors (Lipinski definition) is 5. The third-order valence-electron chi connectivity index (χ3n) is 3.98. The van der Waals surface area contributed by atoms with Gasteiger partial charge in [0.1, 0.15) is 11.6 Å². The zero-order valence-electron chi connectivity index (χ0n) is 15.8. The highest BCUT2D eigenvalue weighted by molar-refractivity contribution is 7.89. The highest BCUT2D eigenvalue weighted by atomic mass is 32.2. The lowest BCUT2D eigenvalue weighted by Crippen LogP contribution is -2.23. The van der Waals surface area contributed by atoms with E-state index in [-0.39, 0.29) is 28.6 Å².